The number of carbonyl (C=O) groups excluding carboxylic acids is 1. The Bertz CT molecular complexity index is 1100. The van der Waals surface area contributed by atoms with Gasteiger partial charge in [-0.2, -0.15) is 0 Å². The minimum Gasteiger partial charge on any atom is -0.485 e. The molecule has 1 atom stereocenters. The Morgan fingerprint density at radius 2 is 1.87 bits per heavy atom. The van der Waals surface area contributed by atoms with Crippen LogP contribution >= 0.6 is 11.8 Å². The van der Waals surface area contributed by atoms with Crippen LogP contribution in [-0.2, 0) is 4.79 Å². The second-order valence-corrected chi connectivity index (χ2v) is 8.17. The van der Waals surface area contributed by atoms with Crippen LogP contribution in [-0.4, -0.2) is 46.5 Å². The molecule has 3 aromatic rings. The Hall–Kier alpha value is -3.26. The van der Waals surface area contributed by atoms with E-state index in [9.17, 15) is 4.79 Å². The molecule has 7 nitrogen and oxygen atoms in total. The molecule has 0 spiro atoms. The van der Waals surface area contributed by atoms with Crippen molar-refractivity contribution in [3.63, 3.8) is 0 Å². The summed E-state index contributed by atoms with van der Waals surface area (Å²) in [7, 11) is 0. The average molecular weight is 436 g/mol. The summed E-state index contributed by atoms with van der Waals surface area (Å²) in [4.78, 5) is 14.5. The van der Waals surface area contributed by atoms with E-state index < -0.39 is 6.10 Å². The Morgan fingerprint density at radius 1 is 1.06 bits per heavy atom. The van der Waals surface area contributed by atoms with E-state index in [0.717, 1.165) is 6.42 Å². The zero-order valence-electron chi connectivity index (χ0n) is 16.8. The van der Waals surface area contributed by atoms with Gasteiger partial charge in [-0.3, -0.25) is 4.79 Å². The highest BCUT2D eigenvalue weighted by Gasteiger charge is 2.27. The van der Waals surface area contributed by atoms with Crippen LogP contribution in [0.5, 0.6) is 11.5 Å². The van der Waals surface area contributed by atoms with E-state index in [1.165, 1.54) is 22.9 Å². The highest BCUT2D eigenvalue weighted by molar-refractivity contribution is 7.99. The maximum atomic E-state index is 12.6. The number of ether oxygens (including phenoxy) is 2. The van der Waals surface area contributed by atoms with Crippen LogP contribution in [0, 0.1) is 0 Å². The van der Waals surface area contributed by atoms with Crippen molar-refractivity contribution < 1.29 is 18.7 Å². The SMILES string of the molecule is O=C(CSc1nnc([C@H]2COc3ccccc3O2)o1)N1CC=C(c2ccccc2)CC1. The molecular weight excluding hydrogens is 414 g/mol. The van der Waals surface area contributed by atoms with E-state index >= 15 is 0 Å². The summed E-state index contributed by atoms with van der Waals surface area (Å²) < 4.78 is 17.3. The molecule has 1 aromatic heterocycles. The Kier molecular flexibility index (Phi) is 5.62. The molecule has 0 aliphatic carbocycles. The minimum atomic E-state index is -0.462. The third-order valence-corrected chi connectivity index (χ3v) is 6.03. The molecule has 0 unspecified atom stereocenters. The molecule has 0 bridgehead atoms. The van der Waals surface area contributed by atoms with E-state index in [4.69, 9.17) is 13.9 Å². The number of hydrogen-bond donors (Lipinski definition) is 0. The molecule has 0 saturated carbocycles. The number of amides is 1. The molecule has 5 rings (SSSR count). The van der Waals surface area contributed by atoms with E-state index in [1.54, 1.807) is 0 Å². The molecule has 1 amide bonds. The monoisotopic (exact) mass is 435 g/mol. The van der Waals surface area contributed by atoms with Crippen molar-refractivity contribution >= 4 is 23.2 Å². The normalized spacial score (nSPS) is 17.9. The number of hydrogen-bond acceptors (Lipinski definition) is 7. The van der Waals surface area contributed by atoms with Crippen molar-refractivity contribution in [1.29, 1.82) is 0 Å². The molecule has 158 valence electrons. The van der Waals surface area contributed by atoms with Crippen LogP contribution < -0.4 is 9.47 Å². The third-order valence-electron chi connectivity index (χ3n) is 5.23. The van der Waals surface area contributed by atoms with Gasteiger partial charge in [-0.25, -0.2) is 0 Å². The number of carbonyl (C=O) groups is 1. The summed E-state index contributed by atoms with van der Waals surface area (Å²) >= 11 is 1.24. The van der Waals surface area contributed by atoms with Crippen LogP contribution in [0.1, 0.15) is 24.0 Å². The predicted molar refractivity (Wildman–Crippen MR) is 116 cm³/mol. The molecule has 0 radical (unpaired) electrons. The molecule has 8 heteroatoms. The Labute approximate surface area is 184 Å². The van der Waals surface area contributed by atoms with Crippen LogP contribution in [0.3, 0.4) is 0 Å². The topological polar surface area (TPSA) is 77.7 Å². The molecule has 2 aliphatic rings. The zero-order valence-corrected chi connectivity index (χ0v) is 17.6. The number of aromatic nitrogens is 2. The van der Waals surface area contributed by atoms with Crippen molar-refractivity contribution in [3.05, 3.63) is 72.1 Å². The summed E-state index contributed by atoms with van der Waals surface area (Å²) in [5, 5.41) is 8.46. The molecular formula is C23H21N3O4S. The lowest BCUT2D eigenvalue weighted by atomic mass is 10.00. The largest absolute Gasteiger partial charge is 0.485 e. The van der Waals surface area contributed by atoms with Gasteiger partial charge in [-0.15, -0.1) is 10.2 Å². The van der Waals surface area contributed by atoms with Gasteiger partial charge < -0.3 is 18.8 Å². The van der Waals surface area contributed by atoms with Gasteiger partial charge in [-0.05, 0) is 29.7 Å². The molecule has 2 aromatic carbocycles. The fraction of sp³-hybridized carbons (Fsp3) is 0.261. The van der Waals surface area contributed by atoms with Gasteiger partial charge in [-0.1, -0.05) is 60.3 Å². The smallest absolute Gasteiger partial charge is 0.277 e. The number of nitrogens with zero attached hydrogens (tertiary/aromatic N) is 3. The van der Waals surface area contributed by atoms with E-state index in [-0.39, 0.29) is 11.7 Å². The second-order valence-electron chi connectivity index (χ2n) is 7.24. The van der Waals surface area contributed by atoms with Crippen LogP contribution in [0.2, 0.25) is 0 Å². The maximum absolute atomic E-state index is 12.6. The number of benzene rings is 2. The zero-order chi connectivity index (χ0) is 21.0. The van der Waals surface area contributed by atoms with Gasteiger partial charge in [0.05, 0.1) is 5.75 Å². The van der Waals surface area contributed by atoms with E-state index in [0.29, 0.717) is 42.3 Å². The van der Waals surface area contributed by atoms with Gasteiger partial charge in [0.25, 0.3) is 11.1 Å². The van der Waals surface area contributed by atoms with Crippen molar-refractivity contribution in [2.24, 2.45) is 0 Å². The standard InChI is InChI=1S/C23H21N3O4S/c27-21(26-12-10-17(11-13-26)16-6-2-1-3-7-16)15-31-23-25-24-22(30-23)20-14-28-18-8-4-5-9-19(18)29-20/h1-10,20H,11-15H2/t20-/m1/s1. The molecule has 0 saturated heterocycles. The summed E-state index contributed by atoms with van der Waals surface area (Å²) in [6, 6.07) is 17.7. The lowest BCUT2D eigenvalue weighted by Gasteiger charge is -2.26. The van der Waals surface area contributed by atoms with Crippen LogP contribution in [0.15, 0.2) is 70.3 Å². The van der Waals surface area contributed by atoms with Crippen LogP contribution in [0.25, 0.3) is 5.57 Å². The second kappa shape index (κ2) is 8.85. The highest BCUT2D eigenvalue weighted by Crippen LogP contribution is 2.36. The molecule has 0 fully saturated rings. The van der Waals surface area contributed by atoms with Crippen molar-refractivity contribution in [3.8, 4) is 11.5 Å². The molecule has 31 heavy (non-hydrogen) atoms. The van der Waals surface area contributed by atoms with Crippen molar-refractivity contribution in [2.75, 3.05) is 25.4 Å². The maximum Gasteiger partial charge on any atom is 0.277 e. The molecule has 2 aliphatic heterocycles. The summed E-state index contributed by atoms with van der Waals surface area (Å²) in [6.07, 6.45) is 2.52. The molecule has 3 heterocycles. The number of thioether (sulfide) groups is 1. The lowest BCUT2D eigenvalue weighted by molar-refractivity contribution is -0.127. The number of para-hydroxylation sites is 2. The fourth-order valence-corrected chi connectivity index (χ4v) is 4.25. The number of fused-ring (bicyclic) bond motifs is 1. The van der Waals surface area contributed by atoms with E-state index in [1.807, 2.05) is 47.4 Å². The average Bonchev–Trinajstić information content (AvgIpc) is 3.32. The number of rotatable bonds is 5. The third kappa shape index (κ3) is 4.44. The molecule has 0 N–H and O–H groups in total. The van der Waals surface area contributed by atoms with Crippen molar-refractivity contribution in [2.45, 2.75) is 17.7 Å². The Morgan fingerprint density at radius 3 is 2.68 bits per heavy atom. The minimum absolute atomic E-state index is 0.0549. The first kappa shape index (κ1) is 19.7. The summed E-state index contributed by atoms with van der Waals surface area (Å²) in [5.41, 5.74) is 2.51. The Balaban J connectivity index is 1.14. The summed E-state index contributed by atoms with van der Waals surface area (Å²) in [5.74, 6) is 2.00. The van der Waals surface area contributed by atoms with Gasteiger partial charge in [0, 0.05) is 13.1 Å². The van der Waals surface area contributed by atoms with Gasteiger partial charge >= 0.3 is 0 Å². The lowest BCUT2D eigenvalue weighted by Crippen LogP contribution is -2.35. The van der Waals surface area contributed by atoms with Crippen molar-refractivity contribution in [1.82, 2.24) is 15.1 Å². The quantitative estimate of drug-likeness (QED) is 0.561. The highest BCUT2D eigenvalue weighted by atomic mass is 32.2. The fourth-order valence-electron chi connectivity index (χ4n) is 3.57. The van der Waals surface area contributed by atoms with Crippen LogP contribution in [0.4, 0.5) is 0 Å². The summed E-state index contributed by atoms with van der Waals surface area (Å²) in [6.45, 7) is 1.62. The van der Waals surface area contributed by atoms with Gasteiger partial charge in [0.2, 0.25) is 12.0 Å². The first-order chi connectivity index (χ1) is 15.3. The van der Waals surface area contributed by atoms with Gasteiger partial charge in [0.15, 0.2) is 11.5 Å². The van der Waals surface area contributed by atoms with E-state index in [2.05, 4.69) is 28.4 Å². The van der Waals surface area contributed by atoms with Gasteiger partial charge in [0.1, 0.15) is 6.61 Å². The predicted octanol–water partition coefficient (Wildman–Crippen LogP) is 3.99. The first-order valence-corrected chi connectivity index (χ1v) is 11.1. The first-order valence-electron chi connectivity index (χ1n) is 10.1.